The molecule has 31 heavy (non-hydrogen) atoms. The first kappa shape index (κ1) is 22.9. The lowest BCUT2D eigenvalue weighted by Crippen LogP contribution is -2.52. The number of nitrogens with one attached hydrogen (secondary N) is 2. The van der Waals surface area contributed by atoms with E-state index in [1.54, 1.807) is 23.2 Å². The third-order valence-corrected chi connectivity index (χ3v) is 6.27. The molecule has 9 heteroatoms. The van der Waals surface area contributed by atoms with Crippen LogP contribution < -0.4 is 10.6 Å². The summed E-state index contributed by atoms with van der Waals surface area (Å²) in [6, 6.07) is 6.79. The minimum Gasteiger partial charge on any atom is -0.375 e. The summed E-state index contributed by atoms with van der Waals surface area (Å²) in [6.07, 6.45) is 1.37. The molecule has 0 aliphatic carbocycles. The molecule has 1 aromatic heterocycles. The van der Waals surface area contributed by atoms with E-state index in [0.29, 0.717) is 19.5 Å². The van der Waals surface area contributed by atoms with Crippen LogP contribution >= 0.6 is 11.3 Å². The minimum absolute atomic E-state index is 0.108. The summed E-state index contributed by atoms with van der Waals surface area (Å²) in [5, 5.41) is 5.55. The summed E-state index contributed by atoms with van der Waals surface area (Å²) < 4.78 is 4.77. The Hall–Kier alpha value is -2.78. The normalized spacial score (nSPS) is 16.7. The predicted octanol–water partition coefficient (Wildman–Crippen LogP) is 1.88. The number of amides is 3. The van der Waals surface area contributed by atoms with Gasteiger partial charge < -0.3 is 20.3 Å². The Labute approximate surface area is 186 Å². The fourth-order valence-electron chi connectivity index (χ4n) is 3.69. The van der Waals surface area contributed by atoms with Crippen molar-refractivity contribution in [1.82, 2.24) is 20.5 Å². The van der Waals surface area contributed by atoms with Crippen molar-refractivity contribution in [3.63, 3.8) is 0 Å². The molecule has 1 aromatic carbocycles. The van der Waals surface area contributed by atoms with E-state index in [9.17, 15) is 14.4 Å². The average molecular weight is 445 g/mol. The Kier molecular flexibility index (Phi) is 7.75. The molecular weight excluding hydrogens is 416 g/mol. The zero-order chi connectivity index (χ0) is 22.4. The second kappa shape index (κ2) is 10.5. The standard InChI is InChI=1S/C22H28N4O4S/c1-14-20(31-13-24-14)17-8-6-16(7-9-17)11-23-21(28)18-5-4-10-26(18)22(29)15(2)25-19(27)12-30-3/h6-9,13,15,18H,4-5,10-12H2,1-3H3,(H,23,28)(H,25,27)/t15-,18-/m0/s1. The van der Waals surface area contributed by atoms with E-state index in [1.807, 2.05) is 36.7 Å². The summed E-state index contributed by atoms with van der Waals surface area (Å²) in [7, 11) is 1.42. The van der Waals surface area contributed by atoms with Crippen molar-refractivity contribution in [2.24, 2.45) is 0 Å². The van der Waals surface area contributed by atoms with Gasteiger partial charge in [-0.05, 0) is 37.8 Å². The van der Waals surface area contributed by atoms with Crippen molar-refractivity contribution >= 4 is 29.1 Å². The predicted molar refractivity (Wildman–Crippen MR) is 118 cm³/mol. The van der Waals surface area contributed by atoms with Crippen LogP contribution in [0.5, 0.6) is 0 Å². The van der Waals surface area contributed by atoms with Crippen LogP contribution in [0, 0.1) is 6.92 Å². The van der Waals surface area contributed by atoms with Crippen molar-refractivity contribution in [3.8, 4) is 10.4 Å². The number of carbonyl (C=O) groups is 3. The largest absolute Gasteiger partial charge is 0.375 e. The summed E-state index contributed by atoms with van der Waals surface area (Å²) >= 11 is 1.60. The molecule has 0 unspecified atom stereocenters. The molecule has 2 N–H and O–H groups in total. The summed E-state index contributed by atoms with van der Waals surface area (Å²) in [4.78, 5) is 44.2. The minimum atomic E-state index is -0.709. The SMILES string of the molecule is COCC(=O)N[C@@H](C)C(=O)N1CCC[C@H]1C(=O)NCc1ccc(-c2scnc2C)cc1. The number of benzene rings is 1. The highest BCUT2D eigenvalue weighted by atomic mass is 32.1. The number of rotatable bonds is 8. The molecule has 2 aromatic rings. The van der Waals surface area contributed by atoms with Gasteiger partial charge in [0.25, 0.3) is 0 Å². The van der Waals surface area contributed by atoms with E-state index in [4.69, 9.17) is 4.74 Å². The average Bonchev–Trinajstić information content (AvgIpc) is 3.41. The number of likely N-dealkylation sites (tertiary alicyclic amines) is 1. The molecule has 2 heterocycles. The van der Waals surface area contributed by atoms with Gasteiger partial charge in [-0.2, -0.15) is 0 Å². The van der Waals surface area contributed by atoms with E-state index in [2.05, 4.69) is 15.6 Å². The van der Waals surface area contributed by atoms with Crippen molar-refractivity contribution < 1.29 is 19.1 Å². The Balaban J connectivity index is 1.55. The van der Waals surface area contributed by atoms with Gasteiger partial charge in [-0.25, -0.2) is 4.98 Å². The van der Waals surface area contributed by atoms with Gasteiger partial charge in [0.15, 0.2) is 0 Å². The Morgan fingerprint density at radius 2 is 2.03 bits per heavy atom. The molecule has 3 amide bonds. The van der Waals surface area contributed by atoms with Crippen LogP contribution in [0.15, 0.2) is 29.8 Å². The number of hydrogen-bond donors (Lipinski definition) is 2. The number of aryl methyl sites for hydroxylation is 1. The molecule has 3 rings (SSSR count). The third kappa shape index (κ3) is 5.68. The van der Waals surface area contributed by atoms with Crippen molar-refractivity contribution in [2.75, 3.05) is 20.3 Å². The Bertz CT molecular complexity index is 928. The maximum Gasteiger partial charge on any atom is 0.246 e. The summed E-state index contributed by atoms with van der Waals surface area (Å²) in [6.45, 7) is 4.39. The van der Waals surface area contributed by atoms with Crippen LogP contribution in [0.3, 0.4) is 0 Å². The lowest BCUT2D eigenvalue weighted by molar-refractivity contribution is -0.141. The number of ether oxygens (including phenoxy) is 1. The zero-order valence-electron chi connectivity index (χ0n) is 18.0. The summed E-state index contributed by atoms with van der Waals surface area (Å²) in [5.41, 5.74) is 4.92. The van der Waals surface area contributed by atoms with E-state index >= 15 is 0 Å². The summed E-state index contributed by atoms with van der Waals surface area (Å²) in [5.74, 6) is -0.796. The smallest absolute Gasteiger partial charge is 0.246 e. The van der Waals surface area contributed by atoms with Crippen LogP contribution in [0.25, 0.3) is 10.4 Å². The number of thiazole rings is 1. The van der Waals surface area contributed by atoms with E-state index in [1.165, 1.54) is 7.11 Å². The second-order valence-electron chi connectivity index (χ2n) is 7.59. The number of aromatic nitrogens is 1. The lowest BCUT2D eigenvalue weighted by Gasteiger charge is -2.27. The first-order valence-electron chi connectivity index (χ1n) is 10.3. The maximum atomic E-state index is 12.8. The van der Waals surface area contributed by atoms with Crippen LogP contribution in [0.1, 0.15) is 31.0 Å². The maximum absolute atomic E-state index is 12.8. The highest BCUT2D eigenvalue weighted by Crippen LogP contribution is 2.27. The molecule has 0 bridgehead atoms. The van der Waals surface area contributed by atoms with E-state index in [0.717, 1.165) is 28.1 Å². The Morgan fingerprint density at radius 3 is 2.68 bits per heavy atom. The van der Waals surface area contributed by atoms with Gasteiger partial charge in [-0.3, -0.25) is 14.4 Å². The topological polar surface area (TPSA) is 101 Å². The van der Waals surface area contributed by atoms with Gasteiger partial charge in [0.05, 0.1) is 16.1 Å². The molecule has 0 radical (unpaired) electrons. The highest BCUT2D eigenvalue weighted by Gasteiger charge is 2.36. The fourth-order valence-corrected chi connectivity index (χ4v) is 4.50. The lowest BCUT2D eigenvalue weighted by atomic mass is 10.1. The van der Waals surface area contributed by atoms with Gasteiger partial charge in [-0.15, -0.1) is 11.3 Å². The molecule has 1 aliphatic rings. The second-order valence-corrected chi connectivity index (χ2v) is 8.45. The Morgan fingerprint density at radius 1 is 1.29 bits per heavy atom. The van der Waals surface area contributed by atoms with Gasteiger partial charge in [0, 0.05) is 20.2 Å². The first-order chi connectivity index (χ1) is 14.9. The molecule has 2 atom stereocenters. The number of hydrogen-bond acceptors (Lipinski definition) is 6. The van der Waals surface area contributed by atoms with Gasteiger partial charge >= 0.3 is 0 Å². The third-order valence-electron chi connectivity index (χ3n) is 5.29. The van der Waals surface area contributed by atoms with Crippen LogP contribution in [-0.2, 0) is 25.7 Å². The molecule has 8 nitrogen and oxygen atoms in total. The molecule has 0 saturated carbocycles. The number of carbonyl (C=O) groups excluding carboxylic acids is 3. The van der Waals surface area contributed by atoms with Crippen molar-refractivity contribution in [2.45, 2.75) is 45.3 Å². The van der Waals surface area contributed by atoms with Crippen molar-refractivity contribution in [1.29, 1.82) is 0 Å². The van der Waals surface area contributed by atoms with E-state index < -0.39 is 12.1 Å². The number of nitrogens with zero attached hydrogens (tertiary/aromatic N) is 2. The molecule has 166 valence electrons. The number of methoxy groups -OCH3 is 1. The first-order valence-corrected chi connectivity index (χ1v) is 11.1. The molecule has 1 fully saturated rings. The monoisotopic (exact) mass is 444 g/mol. The van der Waals surface area contributed by atoms with Crippen LogP contribution in [0.4, 0.5) is 0 Å². The fraction of sp³-hybridized carbons (Fsp3) is 0.455. The molecule has 0 spiro atoms. The molecular formula is C22H28N4O4S. The quantitative estimate of drug-likeness (QED) is 0.648. The van der Waals surface area contributed by atoms with Gasteiger partial charge in [0.2, 0.25) is 17.7 Å². The van der Waals surface area contributed by atoms with Crippen LogP contribution in [0.2, 0.25) is 0 Å². The molecule has 1 saturated heterocycles. The van der Waals surface area contributed by atoms with E-state index in [-0.39, 0.29) is 24.3 Å². The van der Waals surface area contributed by atoms with Gasteiger partial charge in [0.1, 0.15) is 18.7 Å². The van der Waals surface area contributed by atoms with Crippen LogP contribution in [-0.4, -0.2) is 60.0 Å². The molecule has 1 aliphatic heterocycles. The highest BCUT2D eigenvalue weighted by molar-refractivity contribution is 7.13. The van der Waals surface area contributed by atoms with Crippen molar-refractivity contribution in [3.05, 3.63) is 41.0 Å². The van der Waals surface area contributed by atoms with Gasteiger partial charge in [-0.1, -0.05) is 24.3 Å². The zero-order valence-corrected chi connectivity index (χ0v) is 18.8.